The summed E-state index contributed by atoms with van der Waals surface area (Å²) in [5, 5.41) is 3.73. The number of benzene rings is 1. The highest BCUT2D eigenvalue weighted by Crippen LogP contribution is 2.32. The number of hydrogen-bond donors (Lipinski definition) is 1. The molecule has 0 bridgehead atoms. The number of ether oxygens (including phenoxy) is 1. The van der Waals surface area contributed by atoms with Gasteiger partial charge in [-0.3, -0.25) is 0 Å². The Kier molecular flexibility index (Phi) is 5.30. The molecule has 0 saturated carbocycles. The number of piperazine rings is 1. The van der Waals surface area contributed by atoms with E-state index in [0.717, 1.165) is 25.3 Å². The second-order valence-electron chi connectivity index (χ2n) is 5.79. The standard InChI is InChI=1S/C17H28N2O/c1-5-13(3)15-12-19(14(6-2)11-18-15)16-9-7-8-10-17(16)20-4/h7-10,13-15,18H,5-6,11-12H2,1-4H3. The van der Waals surface area contributed by atoms with Crippen LogP contribution in [0.25, 0.3) is 0 Å². The minimum atomic E-state index is 0.548. The summed E-state index contributed by atoms with van der Waals surface area (Å²) in [6.45, 7) is 8.99. The Hall–Kier alpha value is -1.22. The summed E-state index contributed by atoms with van der Waals surface area (Å²) in [6.07, 6.45) is 2.37. The summed E-state index contributed by atoms with van der Waals surface area (Å²) in [7, 11) is 1.76. The van der Waals surface area contributed by atoms with Gasteiger partial charge in [0.2, 0.25) is 0 Å². The number of nitrogens with one attached hydrogen (secondary N) is 1. The molecule has 1 aromatic rings. The van der Waals surface area contributed by atoms with Crippen LogP contribution in [0.2, 0.25) is 0 Å². The zero-order chi connectivity index (χ0) is 14.5. The summed E-state index contributed by atoms with van der Waals surface area (Å²) in [4.78, 5) is 2.53. The van der Waals surface area contributed by atoms with Gasteiger partial charge < -0.3 is 15.0 Å². The molecule has 112 valence electrons. The Morgan fingerprint density at radius 1 is 1.35 bits per heavy atom. The fourth-order valence-corrected chi connectivity index (χ4v) is 3.02. The van der Waals surface area contributed by atoms with E-state index in [1.165, 1.54) is 12.1 Å². The monoisotopic (exact) mass is 276 g/mol. The van der Waals surface area contributed by atoms with Crippen LogP contribution in [-0.2, 0) is 0 Å². The maximum Gasteiger partial charge on any atom is 0.142 e. The molecular formula is C17H28N2O. The van der Waals surface area contributed by atoms with Gasteiger partial charge in [0.25, 0.3) is 0 Å². The van der Waals surface area contributed by atoms with Crippen LogP contribution in [0.15, 0.2) is 24.3 Å². The fraction of sp³-hybridized carbons (Fsp3) is 0.647. The number of methoxy groups -OCH3 is 1. The van der Waals surface area contributed by atoms with Gasteiger partial charge in [-0.15, -0.1) is 0 Å². The van der Waals surface area contributed by atoms with Crippen LogP contribution >= 0.6 is 0 Å². The van der Waals surface area contributed by atoms with Crippen molar-refractivity contribution in [1.82, 2.24) is 5.32 Å². The molecule has 0 aliphatic carbocycles. The molecule has 1 aliphatic heterocycles. The first-order valence-electron chi connectivity index (χ1n) is 7.84. The predicted molar refractivity (Wildman–Crippen MR) is 85.7 cm³/mol. The van der Waals surface area contributed by atoms with Crippen LogP contribution in [0.3, 0.4) is 0 Å². The first-order valence-corrected chi connectivity index (χ1v) is 7.84. The Bertz CT molecular complexity index is 421. The summed E-state index contributed by atoms with van der Waals surface area (Å²) in [5.41, 5.74) is 1.23. The molecule has 1 heterocycles. The van der Waals surface area contributed by atoms with Crippen molar-refractivity contribution in [3.05, 3.63) is 24.3 Å². The fourth-order valence-electron chi connectivity index (χ4n) is 3.02. The smallest absolute Gasteiger partial charge is 0.142 e. The number of para-hydroxylation sites is 2. The molecule has 1 aromatic carbocycles. The Morgan fingerprint density at radius 2 is 2.10 bits per heavy atom. The van der Waals surface area contributed by atoms with Crippen molar-refractivity contribution < 1.29 is 4.74 Å². The molecule has 1 aliphatic rings. The van der Waals surface area contributed by atoms with Crippen molar-refractivity contribution in [3.63, 3.8) is 0 Å². The molecule has 1 fully saturated rings. The SMILES string of the molecule is CCC(C)C1CN(c2ccccc2OC)C(CC)CN1. The van der Waals surface area contributed by atoms with E-state index in [1.807, 2.05) is 6.07 Å². The van der Waals surface area contributed by atoms with Gasteiger partial charge >= 0.3 is 0 Å². The van der Waals surface area contributed by atoms with Gasteiger partial charge in [-0.25, -0.2) is 0 Å². The van der Waals surface area contributed by atoms with E-state index in [9.17, 15) is 0 Å². The second-order valence-corrected chi connectivity index (χ2v) is 5.79. The van der Waals surface area contributed by atoms with Crippen LogP contribution < -0.4 is 15.0 Å². The summed E-state index contributed by atoms with van der Waals surface area (Å²) in [5.74, 6) is 1.68. The third kappa shape index (κ3) is 3.09. The first-order chi connectivity index (χ1) is 9.71. The molecule has 0 spiro atoms. The van der Waals surface area contributed by atoms with Crippen LogP contribution in [0, 0.1) is 5.92 Å². The van der Waals surface area contributed by atoms with E-state index in [2.05, 4.69) is 49.2 Å². The van der Waals surface area contributed by atoms with Gasteiger partial charge in [-0.05, 0) is 24.5 Å². The molecule has 20 heavy (non-hydrogen) atoms. The highest BCUT2D eigenvalue weighted by atomic mass is 16.5. The van der Waals surface area contributed by atoms with Gasteiger partial charge in [0.15, 0.2) is 0 Å². The van der Waals surface area contributed by atoms with E-state index in [1.54, 1.807) is 7.11 Å². The maximum atomic E-state index is 5.55. The largest absolute Gasteiger partial charge is 0.495 e. The highest BCUT2D eigenvalue weighted by Gasteiger charge is 2.30. The molecule has 0 aromatic heterocycles. The van der Waals surface area contributed by atoms with Crippen molar-refractivity contribution >= 4 is 5.69 Å². The summed E-state index contributed by atoms with van der Waals surface area (Å²) >= 11 is 0. The van der Waals surface area contributed by atoms with Gasteiger partial charge in [-0.1, -0.05) is 39.3 Å². The Balaban J connectivity index is 2.24. The third-order valence-corrected chi connectivity index (χ3v) is 4.65. The van der Waals surface area contributed by atoms with E-state index in [4.69, 9.17) is 4.74 Å². The lowest BCUT2D eigenvalue weighted by Gasteiger charge is -2.43. The highest BCUT2D eigenvalue weighted by molar-refractivity contribution is 5.59. The molecular weight excluding hydrogens is 248 g/mol. The molecule has 1 N–H and O–H groups in total. The summed E-state index contributed by atoms with van der Waals surface area (Å²) < 4.78 is 5.55. The zero-order valence-electron chi connectivity index (χ0n) is 13.2. The van der Waals surface area contributed by atoms with E-state index < -0.39 is 0 Å². The first kappa shape index (κ1) is 15.2. The molecule has 3 heteroatoms. The minimum absolute atomic E-state index is 0.548. The van der Waals surface area contributed by atoms with Gasteiger partial charge in [-0.2, -0.15) is 0 Å². The third-order valence-electron chi connectivity index (χ3n) is 4.65. The molecule has 3 atom stereocenters. The average Bonchev–Trinajstić information content (AvgIpc) is 2.53. The topological polar surface area (TPSA) is 24.5 Å². The molecule has 1 saturated heterocycles. The normalized spacial score (nSPS) is 24.5. The van der Waals surface area contributed by atoms with Gasteiger partial charge in [0.1, 0.15) is 5.75 Å². The lowest BCUT2D eigenvalue weighted by atomic mass is 9.94. The predicted octanol–water partition coefficient (Wildman–Crippen LogP) is 3.30. The summed E-state index contributed by atoms with van der Waals surface area (Å²) in [6, 6.07) is 9.49. The number of hydrogen-bond acceptors (Lipinski definition) is 3. The number of rotatable bonds is 5. The maximum absolute atomic E-state index is 5.55. The van der Waals surface area contributed by atoms with Crippen molar-refractivity contribution in [2.24, 2.45) is 5.92 Å². The van der Waals surface area contributed by atoms with Crippen LogP contribution in [0.5, 0.6) is 5.75 Å². The van der Waals surface area contributed by atoms with Crippen molar-refractivity contribution in [1.29, 1.82) is 0 Å². The van der Waals surface area contributed by atoms with Gasteiger partial charge in [0, 0.05) is 25.2 Å². The van der Waals surface area contributed by atoms with Crippen LogP contribution in [-0.4, -0.2) is 32.3 Å². The Morgan fingerprint density at radius 3 is 2.75 bits per heavy atom. The van der Waals surface area contributed by atoms with Crippen LogP contribution in [0.1, 0.15) is 33.6 Å². The molecule has 3 nitrogen and oxygen atoms in total. The Labute approximate surface area is 123 Å². The molecule has 0 amide bonds. The lowest BCUT2D eigenvalue weighted by Crippen LogP contribution is -2.58. The molecule has 3 unspecified atom stereocenters. The van der Waals surface area contributed by atoms with E-state index in [0.29, 0.717) is 18.0 Å². The van der Waals surface area contributed by atoms with Crippen molar-refractivity contribution in [2.45, 2.75) is 45.7 Å². The quantitative estimate of drug-likeness (QED) is 0.893. The zero-order valence-corrected chi connectivity index (χ0v) is 13.2. The minimum Gasteiger partial charge on any atom is -0.495 e. The lowest BCUT2D eigenvalue weighted by molar-refractivity contribution is 0.304. The van der Waals surface area contributed by atoms with Crippen molar-refractivity contribution in [2.75, 3.05) is 25.1 Å². The van der Waals surface area contributed by atoms with Crippen molar-refractivity contribution in [3.8, 4) is 5.75 Å². The number of anilines is 1. The second kappa shape index (κ2) is 6.98. The van der Waals surface area contributed by atoms with Gasteiger partial charge in [0.05, 0.1) is 12.8 Å². The van der Waals surface area contributed by atoms with Crippen LogP contribution in [0.4, 0.5) is 5.69 Å². The molecule has 0 radical (unpaired) electrons. The number of nitrogens with zero attached hydrogens (tertiary/aromatic N) is 1. The van der Waals surface area contributed by atoms with E-state index >= 15 is 0 Å². The average molecular weight is 276 g/mol. The molecule has 2 rings (SSSR count). The van der Waals surface area contributed by atoms with E-state index in [-0.39, 0.29) is 0 Å².